The Morgan fingerprint density at radius 3 is 2.90 bits per heavy atom. The standard InChI is InChI=1S/C21H25ClN4O2S/c1-4-29(28)25-9-5-6-14(13-25)18-11-23-12-19(24-18)26-20(27)16-8-7-15(22)10-17(16)21(26,2)3/h7-8,10-12,14H,4-6,9,13H2,1-3H3. The van der Waals surface area contributed by atoms with Gasteiger partial charge in [-0.25, -0.2) is 4.98 Å². The van der Waals surface area contributed by atoms with Crippen molar-refractivity contribution in [2.45, 2.75) is 45.1 Å². The first kappa shape index (κ1) is 20.6. The van der Waals surface area contributed by atoms with Crippen LogP contribution in [-0.4, -0.2) is 43.6 Å². The molecule has 4 rings (SSSR count). The van der Waals surface area contributed by atoms with E-state index in [4.69, 9.17) is 16.6 Å². The summed E-state index contributed by atoms with van der Waals surface area (Å²) >= 11 is 5.23. The van der Waals surface area contributed by atoms with E-state index in [1.807, 2.05) is 31.1 Å². The maximum Gasteiger partial charge on any atom is 0.260 e. The summed E-state index contributed by atoms with van der Waals surface area (Å²) in [6, 6.07) is 5.37. The molecule has 2 aliphatic rings. The Balaban J connectivity index is 1.65. The van der Waals surface area contributed by atoms with E-state index in [1.54, 1.807) is 29.4 Å². The Morgan fingerprint density at radius 1 is 1.34 bits per heavy atom. The molecule has 29 heavy (non-hydrogen) atoms. The molecule has 0 N–H and O–H groups in total. The molecule has 2 unspecified atom stereocenters. The minimum atomic E-state index is -0.955. The number of amides is 1. The van der Waals surface area contributed by atoms with Crippen molar-refractivity contribution in [1.82, 2.24) is 14.3 Å². The summed E-state index contributed by atoms with van der Waals surface area (Å²) in [6.07, 6.45) is 5.36. The number of carbonyl (C=O) groups excluding carboxylic acids is 1. The average molecular weight is 433 g/mol. The third-order valence-corrected chi connectivity index (χ3v) is 7.48. The molecule has 6 nitrogen and oxygen atoms in total. The summed E-state index contributed by atoms with van der Waals surface area (Å²) < 4.78 is 14.3. The molecule has 8 heteroatoms. The number of fused-ring (bicyclic) bond motifs is 1. The highest BCUT2D eigenvalue weighted by Gasteiger charge is 2.45. The van der Waals surface area contributed by atoms with Gasteiger partial charge in [-0.1, -0.05) is 11.6 Å². The fourth-order valence-electron chi connectivity index (χ4n) is 4.32. The molecule has 1 fully saturated rings. The predicted molar refractivity (Wildman–Crippen MR) is 116 cm³/mol. The molecule has 1 saturated heterocycles. The molecule has 0 radical (unpaired) electrons. The van der Waals surface area contributed by atoms with Crippen LogP contribution in [-0.2, 0) is 16.9 Å². The zero-order valence-corrected chi connectivity index (χ0v) is 18.5. The van der Waals surface area contributed by atoms with Gasteiger partial charge in [0.25, 0.3) is 5.91 Å². The summed E-state index contributed by atoms with van der Waals surface area (Å²) in [5.41, 5.74) is 1.81. The molecule has 0 bridgehead atoms. The SMILES string of the molecule is CC[S+]([O-])N1CCCC(c2cncc(N3C(=O)c4ccc(Cl)cc4C3(C)C)n2)C1. The first-order valence-electron chi connectivity index (χ1n) is 9.93. The maximum atomic E-state index is 13.2. The molecule has 1 aromatic heterocycles. The van der Waals surface area contributed by atoms with Gasteiger partial charge in [0.05, 0.1) is 24.0 Å². The molecular formula is C21H25ClN4O2S. The van der Waals surface area contributed by atoms with E-state index in [1.165, 1.54) is 0 Å². The first-order valence-corrected chi connectivity index (χ1v) is 11.6. The molecule has 2 aliphatic heterocycles. The minimum absolute atomic E-state index is 0.0922. The van der Waals surface area contributed by atoms with Gasteiger partial charge in [-0.15, -0.1) is 4.31 Å². The summed E-state index contributed by atoms with van der Waals surface area (Å²) in [6.45, 7) is 7.47. The van der Waals surface area contributed by atoms with Gasteiger partial charge in [0.2, 0.25) is 0 Å². The van der Waals surface area contributed by atoms with Gasteiger partial charge in [0, 0.05) is 40.6 Å². The number of aromatic nitrogens is 2. The third-order valence-electron chi connectivity index (χ3n) is 5.84. The van der Waals surface area contributed by atoms with Crippen LogP contribution in [0.25, 0.3) is 0 Å². The molecule has 2 aromatic rings. The smallest absolute Gasteiger partial charge is 0.260 e. The van der Waals surface area contributed by atoms with Gasteiger partial charge in [0.1, 0.15) is 5.75 Å². The molecule has 3 heterocycles. The van der Waals surface area contributed by atoms with Crippen molar-refractivity contribution in [2.75, 3.05) is 23.7 Å². The van der Waals surface area contributed by atoms with E-state index in [9.17, 15) is 9.35 Å². The third kappa shape index (κ3) is 3.65. The van der Waals surface area contributed by atoms with Crippen LogP contribution in [0.5, 0.6) is 0 Å². The highest BCUT2D eigenvalue weighted by molar-refractivity contribution is 7.89. The topological polar surface area (TPSA) is 72.4 Å². The number of benzene rings is 1. The van der Waals surface area contributed by atoms with Crippen molar-refractivity contribution >= 4 is 34.7 Å². The molecule has 154 valence electrons. The molecule has 1 amide bonds. The number of hydrogen-bond donors (Lipinski definition) is 0. The lowest BCUT2D eigenvalue weighted by Crippen LogP contribution is -2.41. The zero-order valence-electron chi connectivity index (χ0n) is 16.9. The average Bonchev–Trinajstić information content (AvgIpc) is 2.92. The van der Waals surface area contributed by atoms with Gasteiger partial charge >= 0.3 is 0 Å². The van der Waals surface area contributed by atoms with Crippen LogP contribution >= 0.6 is 11.6 Å². The number of carbonyl (C=O) groups is 1. The molecular weight excluding hydrogens is 408 g/mol. The van der Waals surface area contributed by atoms with Crippen LogP contribution in [0.3, 0.4) is 0 Å². The fraction of sp³-hybridized carbons (Fsp3) is 0.476. The highest BCUT2D eigenvalue weighted by Crippen LogP contribution is 2.42. The predicted octanol–water partition coefficient (Wildman–Crippen LogP) is 3.89. The lowest BCUT2D eigenvalue weighted by Gasteiger charge is -2.33. The molecule has 0 spiro atoms. The van der Waals surface area contributed by atoms with Gasteiger partial charge < -0.3 is 4.55 Å². The molecule has 0 aliphatic carbocycles. The Labute approximate surface area is 179 Å². The Morgan fingerprint density at radius 2 is 2.14 bits per heavy atom. The monoisotopic (exact) mass is 432 g/mol. The van der Waals surface area contributed by atoms with E-state index < -0.39 is 16.9 Å². The number of anilines is 1. The van der Waals surface area contributed by atoms with Crippen molar-refractivity contribution in [3.8, 4) is 0 Å². The number of rotatable bonds is 4. The van der Waals surface area contributed by atoms with Crippen LogP contribution in [0, 0.1) is 0 Å². The van der Waals surface area contributed by atoms with Crippen LogP contribution in [0.1, 0.15) is 61.1 Å². The minimum Gasteiger partial charge on any atom is -0.598 e. The van der Waals surface area contributed by atoms with E-state index in [0.29, 0.717) is 28.7 Å². The van der Waals surface area contributed by atoms with Crippen LogP contribution in [0.4, 0.5) is 5.82 Å². The summed E-state index contributed by atoms with van der Waals surface area (Å²) in [5.74, 6) is 1.23. The van der Waals surface area contributed by atoms with E-state index in [2.05, 4.69) is 4.98 Å². The normalized spacial score (nSPS) is 22.6. The summed E-state index contributed by atoms with van der Waals surface area (Å²) in [4.78, 5) is 24.1. The first-order chi connectivity index (χ1) is 13.8. The van der Waals surface area contributed by atoms with Gasteiger partial charge in [-0.05, 0) is 57.4 Å². The van der Waals surface area contributed by atoms with Crippen molar-refractivity contribution in [2.24, 2.45) is 0 Å². The van der Waals surface area contributed by atoms with Crippen molar-refractivity contribution in [3.05, 3.63) is 52.4 Å². The fourth-order valence-corrected chi connectivity index (χ4v) is 5.54. The van der Waals surface area contributed by atoms with Crippen LogP contribution < -0.4 is 4.90 Å². The summed E-state index contributed by atoms with van der Waals surface area (Å²) in [5, 5.41) is 0.609. The van der Waals surface area contributed by atoms with Crippen molar-refractivity contribution < 1.29 is 9.35 Å². The van der Waals surface area contributed by atoms with Crippen molar-refractivity contribution in [1.29, 1.82) is 0 Å². The number of nitrogens with zero attached hydrogens (tertiary/aromatic N) is 4. The molecule has 1 aromatic carbocycles. The number of piperidine rings is 1. The maximum absolute atomic E-state index is 13.2. The van der Waals surface area contributed by atoms with Crippen LogP contribution in [0.15, 0.2) is 30.6 Å². The lowest BCUT2D eigenvalue weighted by atomic mass is 9.94. The number of hydrogen-bond acceptors (Lipinski definition) is 5. The lowest BCUT2D eigenvalue weighted by molar-refractivity contribution is 0.0981. The number of halogens is 1. The van der Waals surface area contributed by atoms with Gasteiger partial charge in [0.15, 0.2) is 5.82 Å². The second-order valence-corrected chi connectivity index (χ2v) is 10.2. The van der Waals surface area contributed by atoms with E-state index in [-0.39, 0.29) is 11.8 Å². The van der Waals surface area contributed by atoms with E-state index in [0.717, 1.165) is 30.6 Å². The van der Waals surface area contributed by atoms with Crippen LogP contribution in [0.2, 0.25) is 5.02 Å². The Hall–Kier alpha value is -1.67. The van der Waals surface area contributed by atoms with Gasteiger partial charge in [-0.2, -0.15) is 0 Å². The van der Waals surface area contributed by atoms with Gasteiger partial charge in [-0.3, -0.25) is 14.7 Å². The Kier molecular flexibility index (Phi) is 5.59. The second-order valence-electron chi connectivity index (χ2n) is 8.03. The van der Waals surface area contributed by atoms with Crippen molar-refractivity contribution in [3.63, 3.8) is 0 Å². The molecule has 2 atom stereocenters. The second kappa shape index (κ2) is 7.87. The summed E-state index contributed by atoms with van der Waals surface area (Å²) in [7, 11) is 0. The quantitative estimate of drug-likeness (QED) is 0.685. The largest absolute Gasteiger partial charge is 0.598 e. The molecule has 0 saturated carbocycles. The zero-order chi connectivity index (χ0) is 20.8. The highest BCUT2D eigenvalue weighted by atomic mass is 35.5. The Bertz CT molecular complexity index is 939. The van der Waals surface area contributed by atoms with E-state index >= 15 is 0 Å².